The van der Waals surface area contributed by atoms with E-state index in [2.05, 4.69) is 37.2 Å². The number of nitriles is 3. The van der Waals surface area contributed by atoms with Gasteiger partial charge in [-0.2, -0.15) is 15.8 Å². The molecule has 0 aliphatic heterocycles. The molecule has 0 spiro atoms. The van der Waals surface area contributed by atoms with E-state index in [0.717, 1.165) is 6.07 Å². The maximum Gasteiger partial charge on any atom is 0.163 e. The fourth-order valence-corrected chi connectivity index (χ4v) is 2.07. The van der Waals surface area contributed by atoms with Crippen molar-refractivity contribution in [1.29, 1.82) is 15.8 Å². The van der Waals surface area contributed by atoms with Crippen molar-refractivity contribution in [3.8, 4) is 18.2 Å². The highest BCUT2D eigenvalue weighted by atomic mass is 79.9. The van der Waals surface area contributed by atoms with Crippen LogP contribution < -0.4 is 5.32 Å². The summed E-state index contributed by atoms with van der Waals surface area (Å²) >= 11 is 5.60. The van der Waals surface area contributed by atoms with Gasteiger partial charge in [0.25, 0.3) is 0 Å². The van der Waals surface area contributed by atoms with E-state index in [9.17, 15) is 8.78 Å². The Morgan fingerprint density at radius 2 is 1.63 bits per heavy atom. The standard InChI is InChI=1S/C11H2Br2F2N4/c12-9-6(14)1-7(10(13)11(9)15)19-8(4-18)5(2-16)3-17/h1,19H. The summed E-state index contributed by atoms with van der Waals surface area (Å²) in [4.78, 5) is 0. The number of benzene rings is 1. The highest BCUT2D eigenvalue weighted by Crippen LogP contribution is 2.33. The predicted molar refractivity (Wildman–Crippen MR) is 69.2 cm³/mol. The van der Waals surface area contributed by atoms with Gasteiger partial charge in [0.1, 0.15) is 29.7 Å². The average molecular weight is 388 g/mol. The van der Waals surface area contributed by atoms with E-state index in [-0.39, 0.29) is 14.6 Å². The van der Waals surface area contributed by atoms with E-state index >= 15 is 0 Å². The lowest BCUT2D eigenvalue weighted by atomic mass is 10.2. The number of hydrogen-bond acceptors (Lipinski definition) is 4. The first-order valence-electron chi connectivity index (χ1n) is 4.50. The van der Waals surface area contributed by atoms with Gasteiger partial charge in [0.05, 0.1) is 14.6 Å². The summed E-state index contributed by atoms with van der Waals surface area (Å²) in [6.07, 6.45) is 0. The Kier molecular flexibility index (Phi) is 5.00. The molecule has 0 aromatic heterocycles. The third-order valence-electron chi connectivity index (χ3n) is 1.95. The van der Waals surface area contributed by atoms with Crippen molar-refractivity contribution in [3.63, 3.8) is 0 Å². The van der Waals surface area contributed by atoms with Crippen LogP contribution in [-0.4, -0.2) is 0 Å². The summed E-state index contributed by atoms with van der Waals surface area (Å²) in [5, 5.41) is 28.4. The van der Waals surface area contributed by atoms with Crippen molar-refractivity contribution >= 4 is 37.5 Å². The summed E-state index contributed by atoms with van der Waals surface area (Å²) in [5.41, 5.74) is -0.997. The molecule has 0 unspecified atom stereocenters. The molecule has 1 N–H and O–H groups in total. The largest absolute Gasteiger partial charge is 0.344 e. The van der Waals surface area contributed by atoms with Gasteiger partial charge in [-0.3, -0.25) is 0 Å². The van der Waals surface area contributed by atoms with Crippen LogP contribution in [-0.2, 0) is 0 Å². The Bertz CT molecular complexity index is 677. The molecule has 1 rings (SSSR count). The van der Waals surface area contributed by atoms with E-state index in [0.29, 0.717) is 0 Å². The van der Waals surface area contributed by atoms with Gasteiger partial charge in [-0.15, -0.1) is 0 Å². The number of hydrogen-bond donors (Lipinski definition) is 1. The smallest absolute Gasteiger partial charge is 0.163 e. The minimum absolute atomic E-state index is 0.113. The van der Waals surface area contributed by atoms with Crippen molar-refractivity contribution in [2.45, 2.75) is 0 Å². The molecule has 0 aliphatic rings. The average Bonchev–Trinajstić information content (AvgIpc) is 2.42. The Balaban J connectivity index is 3.38. The molecular formula is C11H2Br2F2N4. The first-order valence-corrected chi connectivity index (χ1v) is 6.09. The maximum atomic E-state index is 13.6. The van der Waals surface area contributed by atoms with Gasteiger partial charge in [-0.25, -0.2) is 8.78 Å². The van der Waals surface area contributed by atoms with E-state index in [4.69, 9.17) is 15.8 Å². The SMILES string of the molecule is N#CC(C#N)=C(C#N)Nc1cc(F)c(Br)c(F)c1Br. The zero-order valence-corrected chi connectivity index (χ0v) is 12.1. The van der Waals surface area contributed by atoms with Crippen LogP contribution >= 0.6 is 31.9 Å². The zero-order chi connectivity index (χ0) is 14.6. The Morgan fingerprint density at radius 3 is 2.11 bits per heavy atom. The second-order valence-corrected chi connectivity index (χ2v) is 4.64. The quantitative estimate of drug-likeness (QED) is 0.476. The lowest BCUT2D eigenvalue weighted by Crippen LogP contribution is -2.03. The van der Waals surface area contributed by atoms with Crippen LogP contribution in [0.2, 0.25) is 0 Å². The van der Waals surface area contributed by atoms with Crippen LogP contribution in [0.4, 0.5) is 14.5 Å². The minimum Gasteiger partial charge on any atom is -0.344 e. The molecule has 4 nitrogen and oxygen atoms in total. The van der Waals surface area contributed by atoms with Gasteiger partial charge in [0, 0.05) is 0 Å². The number of anilines is 1. The van der Waals surface area contributed by atoms with Gasteiger partial charge in [-0.1, -0.05) is 0 Å². The third kappa shape index (κ3) is 3.08. The second kappa shape index (κ2) is 6.29. The van der Waals surface area contributed by atoms with Crippen molar-refractivity contribution < 1.29 is 8.78 Å². The summed E-state index contributed by atoms with van der Waals surface area (Å²) < 4.78 is 26.4. The molecule has 8 heteroatoms. The predicted octanol–water partition coefficient (Wildman–Crippen LogP) is 3.73. The molecule has 0 heterocycles. The third-order valence-corrected chi connectivity index (χ3v) is 3.45. The molecule has 0 aliphatic carbocycles. The molecule has 0 saturated carbocycles. The number of nitrogens with one attached hydrogen (secondary N) is 1. The van der Waals surface area contributed by atoms with Crippen molar-refractivity contribution in [2.24, 2.45) is 0 Å². The maximum absolute atomic E-state index is 13.6. The lowest BCUT2D eigenvalue weighted by Gasteiger charge is -2.09. The lowest BCUT2D eigenvalue weighted by molar-refractivity contribution is 0.568. The molecule has 0 bridgehead atoms. The minimum atomic E-state index is -0.907. The van der Waals surface area contributed by atoms with E-state index < -0.39 is 22.9 Å². The first kappa shape index (κ1) is 15.1. The van der Waals surface area contributed by atoms with Crippen LogP contribution in [0.5, 0.6) is 0 Å². The molecule has 0 radical (unpaired) electrons. The number of allylic oxidation sites excluding steroid dienone is 2. The Morgan fingerprint density at radius 1 is 1.05 bits per heavy atom. The molecule has 1 aromatic rings. The summed E-state index contributed by atoms with van der Waals surface area (Å²) in [5.74, 6) is -1.80. The fraction of sp³-hybridized carbons (Fsp3) is 0. The Hall–Kier alpha value is -1.95. The topological polar surface area (TPSA) is 83.4 Å². The van der Waals surface area contributed by atoms with Crippen LogP contribution in [0.1, 0.15) is 0 Å². The molecule has 19 heavy (non-hydrogen) atoms. The molecule has 0 amide bonds. The monoisotopic (exact) mass is 386 g/mol. The summed E-state index contributed by atoms with van der Waals surface area (Å²) in [6.45, 7) is 0. The van der Waals surface area contributed by atoms with Crippen LogP contribution in [0, 0.1) is 45.6 Å². The molecule has 0 atom stereocenters. The molecular weight excluding hydrogens is 386 g/mol. The first-order chi connectivity index (χ1) is 8.96. The second-order valence-electron chi connectivity index (χ2n) is 3.06. The van der Waals surface area contributed by atoms with Crippen molar-refractivity contribution in [3.05, 3.63) is 37.9 Å². The molecule has 1 aromatic carbocycles. The van der Waals surface area contributed by atoms with E-state index in [1.807, 2.05) is 0 Å². The summed E-state index contributed by atoms with van der Waals surface area (Å²) in [6, 6.07) is 5.51. The highest BCUT2D eigenvalue weighted by Gasteiger charge is 2.17. The van der Waals surface area contributed by atoms with Gasteiger partial charge in [0.2, 0.25) is 0 Å². The number of rotatable bonds is 2. The van der Waals surface area contributed by atoms with Crippen LogP contribution in [0.3, 0.4) is 0 Å². The van der Waals surface area contributed by atoms with Gasteiger partial charge in [0.15, 0.2) is 11.4 Å². The van der Waals surface area contributed by atoms with Gasteiger partial charge in [-0.05, 0) is 37.9 Å². The molecule has 0 saturated heterocycles. The van der Waals surface area contributed by atoms with Crippen molar-refractivity contribution in [1.82, 2.24) is 0 Å². The Labute approximate surface area is 123 Å². The van der Waals surface area contributed by atoms with E-state index in [1.54, 1.807) is 6.07 Å². The zero-order valence-electron chi connectivity index (χ0n) is 8.93. The normalized spacial score (nSPS) is 8.89. The molecule has 94 valence electrons. The van der Waals surface area contributed by atoms with Crippen LogP contribution in [0.15, 0.2) is 26.3 Å². The van der Waals surface area contributed by atoms with Crippen molar-refractivity contribution in [2.75, 3.05) is 5.32 Å². The molecule has 0 fully saturated rings. The summed E-state index contributed by atoms with van der Waals surface area (Å²) in [7, 11) is 0. The van der Waals surface area contributed by atoms with Gasteiger partial charge < -0.3 is 5.32 Å². The fourth-order valence-electron chi connectivity index (χ4n) is 1.08. The van der Waals surface area contributed by atoms with Crippen LogP contribution in [0.25, 0.3) is 0 Å². The highest BCUT2D eigenvalue weighted by molar-refractivity contribution is 9.11. The van der Waals surface area contributed by atoms with E-state index in [1.165, 1.54) is 12.1 Å². The van der Waals surface area contributed by atoms with Gasteiger partial charge >= 0.3 is 0 Å². The number of halogens is 4. The number of nitrogens with zero attached hydrogens (tertiary/aromatic N) is 3.